The molecular weight excluding hydrogens is 1310 g/mol. The van der Waals surface area contributed by atoms with Gasteiger partial charge in [0.2, 0.25) is 0 Å². The number of hydrogen-bond acceptors (Lipinski definition) is 15. The SMILES string of the molecule is CC/C=C\C/C=C\C/C=C\C/C=C\CCCCCCC(=O)OCC(COP(=O)(O)OCC(O)COP(=O)(O)OCC(COC(=O)CCCCCCC/C=C\CCCCCCCC)OC(=O)CCCCCCC/C=C\C/C=C\CCC)OC(=O)CCCCCCC/C=C\C/C=C\CCCCC. The summed E-state index contributed by atoms with van der Waals surface area (Å²) in [4.78, 5) is 72.9. The predicted octanol–water partition coefficient (Wildman–Crippen LogP) is 22.6. The van der Waals surface area contributed by atoms with Gasteiger partial charge in [0.05, 0.1) is 26.4 Å². The van der Waals surface area contributed by atoms with Crippen LogP contribution >= 0.6 is 15.6 Å². The number of carbonyl (C=O) groups is 4. The molecular formula is C81H140O17P2. The van der Waals surface area contributed by atoms with Crippen LogP contribution in [-0.2, 0) is 65.4 Å². The van der Waals surface area contributed by atoms with Gasteiger partial charge in [0, 0.05) is 25.7 Å². The lowest BCUT2D eigenvalue weighted by molar-refractivity contribution is -0.161. The lowest BCUT2D eigenvalue weighted by Gasteiger charge is -2.21. The van der Waals surface area contributed by atoms with Crippen LogP contribution in [0.15, 0.2) is 109 Å². The third-order valence-corrected chi connectivity index (χ3v) is 18.1. The molecule has 0 amide bonds. The third-order valence-electron chi connectivity index (χ3n) is 16.2. The van der Waals surface area contributed by atoms with Crippen molar-refractivity contribution in [1.82, 2.24) is 0 Å². The van der Waals surface area contributed by atoms with Crippen LogP contribution in [0.25, 0.3) is 0 Å². The number of unbranched alkanes of at least 4 members (excludes halogenated alkanes) is 29. The summed E-state index contributed by atoms with van der Waals surface area (Å²) in [6.07, 6.45) is 77.8. The van der Waals surface area contributed by atoms with E-state index in [2.05, 4.69) is 137 Å². The molecule has 0 saturated heterocycles. The van der Waals surface area contributed by atoms with E-state index < -0.39 is 97.5 Å². The number of allylic oxidation sites excluding steroid dienone is 18. The molecule has 0 aliphatic rings. The minimum Gasteiger partial charge on any atom is -0.462 e. The first-order valence-corrected chi connectivity index (χ1v) is 42.1. The van der Waals surface area contributed by atoms with Crippen LogP contribution in [0.1, 0.15) is 323 Å². The Labute approximate surface area is 607 Å². The van der Waals surface area contributed by atoms with Gasteiger partial charge >= 0.3 is 39.5 Å². The lowest BCUT2D eigenvalue weighted by atomic mass is 10.1. The van der Waals surface area contributed by atoms with Crippen LogP contribution in [-0.4, -0.2) is 96.7 Å². The van der Waals surface area contributed by atoms with Crippen molar-refractivity contribution in [1.29, 1.82) is 0 Å². The van der Waals surface area contributed by atoms with Crippen molar-refractivity contribution in [2.45, 2.75) is 341 Å². The summed E-state index contributed by atoms with van der Waals surface area (Å²) in [5.74, 6) is -2.23. The summed E-state index contributed by atoms with van der Waals surface area (Å²) in [5, 5.41) is 10.6. The van der Waals surface area contributed by atoms with Crippen molar-refractivity contribution < 1.29 is 80.2 Å². The second kappa shape index (κ2) is 73.0. The molecule has 0 rings (SSSR count). The van der Waals surface area contributed by atoms with Gasteiger partial charge in [0.1, 0.15) is 19.3 Å². The minimum atomic E-state index is -4.99. The van der Waals surface area contributed by atoms with Crippen molar-refractivity contribution in [2.24, 2.45) is 0 Å². The van der Waals surface area contributed by atoms with Crippen LogP contribution in [0.5, 0.6) is 0 Å². The Hall–Kier alpha value is -4.28. The molecule has 0 spiro atoms. The summed E-state index contributed by atoms with van der Waals surface area (Å²) < 4.78 is 68.5. The topological polar surface area (TPSA) is 237 Å². The monoisotopic (exact) mass is 1450 g/mol. The number of phosphoric acid groups is 2. The number of ether oxygens (including phenoxy) is 4. The second-order valence-electron chi connectivity index (χ2n) is 25.9. The summed E-state index contributed by atoms with van der Waals surface area (Å²) in [6, 6.07) is 0. The average molecular weight is 1450 g/mol. The van der Waals surface area contributed by atoms with Gasteiger partial charge in [-0.25, -0.2) is 9.13 Å². The summed E-state index contributed by atoms with van der Waals surface area (Å²) in [6.45, 7) is 4.61. The number of phosphoric ester groups is 2. The molecule has 0 aliphatic carbocycles. The van der Waals surface area contributed by atoms with Gasteiger partial charge in [-0.2, -0.15) is 0 Å². The molecule has 0 aromatic heterocycles. The number of aliphatic hydroxyl groups is 1. The first-order chi connectivity index (χ1) is 48.7. The Morgan fingerprint density at radius 1 is 0.290 bits per heavy atom. The highest BCUT2D eigenvalue weighted by atomic mass is 31.2. The highest BCUT2D eigenvalue weighted by Gasteiger charge is 2.30. The van der Waals surface area contributed by atoms with Crippen LogP contribution in [0.3, 0.4) is 0 Å². The Morgan fingerprint density at radius 3 is 0.870 bits per heavy atom. The van der Waals surface area contributed by atoms with E-state index in [4.69, 9.17) is 37.0 Å². The average Bonchev–Trinajstić information content (AvgIpc) is 1.06. The normalized spacial score (nSPS) is 14.5. The molecule has 5 unspecified atom stereocenters. The fourth-order valence-electron chi connectivity index (χ4n) is 10.2. The smallest absolute Gasteiger partial charge is 0.462 e. The van der Waals surface area contributed by atoms with E-state index in [1.807, 2.05) is 0 Å². The zero-order chi connectivity index (χ0) is 73.2. The van der Waals surface area contributed by atoms with Gasteiger partial charge in [-0.05, 0) is 148 Å². The molecule has 0 aromatic rings. The van der Waals surface area contributed by atoms with E-state index in [1.54, 1.807) is 0 Å². The van der Waals surface area contributed by atoms with Gasteiger partial charge in [0.25, 0.3) is 0 Å². The maximum Gasteiger partial charge on any atom is 0.472 e. The summed E-state index contributed by atoms with van der Waals surface area (Å²) >= 11 is 0. The van der Waals surface area contributed by atoms with Gasteiger partial charge < -0.3 is 33.8 Å². The first-order valence-electron chi connectivity index (χ1n) is 39.1. The highest BCUT2D eigenvalue weighted by molar-refractivity contribution is 7.47. The van der Waals surface area contributed by atoms with Gasteiger partial charge in [-0.15, -0.1) is 0 Å². The number of aliphatic hydroxyl groups excluding tert-OH is 1. The van der Waals surface area contributed by atoms with Crippen molar-refractivity contribution >= 4 is 39.5 Å². The van der Waals surface area contributed by atoms with E-state index in [0.29, 0.717) is 25.7 Å². The lowest BCUT2D eigenvalue weighted by Crippen LogP contribution is -2.30. The number of hydrogen-bond donors (Lipinski definition) is 3. The van der Waals surface area contributed by atoms with Crippen molar-refractivity contribution in [2.75, 3.05) is 39.6 Å². The molecule has 100 heavy (non-hydrogen) atoms. The van der Waals surface area contributed by atoms with Crippen molar-refractivity contribution in [3.05, 3.63) is 109 Å². The standard InChI is InChI=1S/C81H140O17P2/c1-5-9-13-17-21-25-29-33-36-37-40-43-46-50-54-58-62-66-79(84)92-72-77(98-81(86)68-64-60-56-52-48-44-39-35-31-27-23-19-15-11-7-3)74-96-100(89,90)94-70-75(82)69-93-99(87,88)95-73-76(97-80(85)67-63-59-55-51-47-41-32-28-24-20-16-12-8-4)71-91-78(83)65-61-57-53-49-45-42-38-34-30-26-22-18-14-10-6-2/h9,13,16,20-21,23,25,27-28,32-36,38-40,43,75-77,82H,5-8,10-12,14-15,17-19,22,24,26,29-31,37,41-42,44-74H2,1-4H3,(H,87,88)(H,89,90)/b13-9-,20-16-,25-21-,27-23-,32-28-,36-33-,38-34-,39-35-,43-40-. The number of esters is 4. The molecule has 3 N–H and O–H groups in total. The zero-order valence-corrected chi connectivity index (χ0v) is 64.6. The Bertz CT molecular complexity index is 2320. The van der Waals surface area contributed by atoms with Crippen LogP contribution in [0.2, 0.25) is 0 Å². The van der Waals surface area contributed by atoms with E-state index in [1.165, 1.54) is 57.8 Å². The molecule has 0 radical (unpaired) electrons. The Morgan fingerprint density at radius 2 is 0.540 bits per heavy atom. The third kappa shape index (κ3) is 72.1. The molecule has 17 nitrogen and oxygen atoms in total. The zero-order valence-electron chi connectivity index (χ0n) is 62.8. The molecule has 0 aliphatic heterocycles. The number of carbonyl (C=O) groups excluding carboxylic acids is 4. The molecule has 576 valence electrons. The quantitative estimate of drug-likeness (QED) is 0.0169. The Kier molecular flexibility index (Phi) is 69.9. The molecule has 0 aromatic carbocycles. The fourth-order valence-corrected chi connectivity index (χ4v) is 11.8. The summed E-state index contributed by atoms with van der Waals surface area (Å²) in [5.41, 5.74) is 0. The largest absolute Gasteiger partial charge is 0.472 e. The first kappa shape index (κ1) is 95.7. The fraction of sp³-hybridized carbons (Fsp3) is 0.728. The van der Waals surface area contributed by atoms with Crippen LogP contribution in [0.4, 0.5) is 0 Å². The molecule has 5 atom stereocenters. The van der Waals surface area contributed by atoms with Gasteiger partial charge in [0.15, 0.2) is 12.2 Å². The van der Waals surface area contributed by atoms with Crippen LogP contribution < -0.4 is 0 Å². The summed E-state index contributed by atoms with van der Waals surface area (Å²) in [7, 11) is -9.97. The maximum atomic E-state index is 13.1. The molecule has 0 heterocycles. The van der Waals surface area contributed by atoms with Gasteiger partial charge in [-0.3, -0.25) is 37.3 Å². The highest BCUT2D eigenvalue weighted by Crippen LogP contribution is 2.45. The molecule has 19 heteroatoms. The minimum absolute atomic E-state index is 0.0717. The maximum absolute atomic E-state index is 13.1. The molecule has 0 bridgehead atoms. The van der Waals surface area contributed by atoms with Crippen molar-refractivity contribution in [3.8, 4) is 0 Å². The van der Waals surface area contributed by atoms with Crippen LogP contribution in [0, 0.1) is 0 Å². The van der Waals surface area contributed by atoms with Gasteiger partial charge in [-0.1, -0.05) is 259 Å². The molecule has 0 saturated carbocycles. The van der Waals surface area contributed by atoms with Crippen molar-refractivity contribution in [3.63, 3.8) is 0 Å². The Balaban J connectivity index is 5.39. The van der Waals surface area contributed by atoms with E-state index >= 15 is 0 Å². The number of rotatable bonds is 73. The van der Waals surface area contributed by atoms with E-state index in [0.717, 1.165) is 186 Å². The predicted molar refractivity (Wildman–Crippen MR) is 408 cm³/mol. The molecule has 0 fully saturated rings. The van der Waals surface area contributed by atoms with E-state index in [-0.39, 0.29) is 25.7 Å². The second-order valence-corrected chi connectivity index (χ2v) is 28.8. The van der Waals surface area contributed by atoms with E-state index in [9.17, 15) is 43.2 Å².